The molecule has 0 fully saturated rings. The topological polar surface area (TPSA) is 92.6 Å². The van der Waals surface area contributed by atoms with Gasteiger partial charge in [0.15, 0.2) is 11.5 Å². The molecule has 0 spiro atoms. The lowest BCUT2D eigenvalue weighted by Gasteiger charge is -2.12. The molecule has 0 atom stereocenters. The van der Waals surface area contributed by atoms with Gasteiger partial charge in [-0.1, -0.05) is 18.2 Å². The number of carbonyl (C=O) groups excluding carboxylic acids is 1. The van der Waals surface area contributed by atoms with Crippen LogP contribution < -0.4 is 24.8 Å². The van der Waals surface area contributed by atoms with Crippen LogP contribution in [0, 0.1) is 11.3 Å². The maximum absolute atomic E-state index is 12.4. The second-order valence-electron chi connectivity index (χ2n) is 6.18. The summed E-state index contributed by atoms with van der Waals surface area (Å²) in [6, 6.07) is 14.7. The zero-order valence-corrected chi connectivity index (χ0v) is 17.5. The number of methoxy groups -OCH3 is 1. The van der Waals surface area contributed by atoms with Gasteiger partial charge in [0.25, 0.3) is 5.91 Å². The van der Waals surface area contributed by atoms with Crippen molar-refractivity contribution in [3.05, 3.63) is 59.8 Å². The largest absolute Gasteiger partial charge is 0.495 e. The fraction of sp³-hybridized carbons (Fsp3) is 0.304. The third kappa shape index (κ3) is 6.45. The Morgan fingerprint density at radius 1 is 1.07 bits per heavy atom. The minimum atomic E-state index is -0.505. The van der Waals surface area contributed by atoms with Crippen molar-refractivity contribution in [2.75, 3.05) is 32.2 Å². The van der Waals surface area contributed by atoms with Crippen LogP contribution in [-0.2, 0) is 11.2 Å². The van der Waals surface area contributed by atoms with Gasteiger partial charge < -0.3 is 24.8 Å². The second kappa shape index (κ2) is 12.0. The SMILES string of the molecule is CCOc1ccc(CCN/C=C(/C#N)C(=O)Nc2ccccc2OC)cc1OCC. The van der Waals surface area contributed by atoms with E-state index in [4.69, 9.17) is 14.2 Å². The summed E-state index contributed by atoms with van der Waals surface area (Å²) in [7, 11) is 1.52. The smallest absolute Gasteiger partial charge is 0.267 e. The number of carbonyl (C=O) groups is 1. The fourth-order valence-corrected chi connectivity index (χ4v) is 2.73. The average molecular weight is 409 g/mol. The van der Waals surface area contributed by atoms with Gasteiger partial charge in [-0.3, -0.25) is 4.79 Å². The Hall–Kier alpha value is -3.66. The molecule has 7 nitrogen and oxygen atoms in total. The van der Waals surface area contributed by atoms with Crippen molar-refractivity contribution in [1.29, 1.82) is 5.26 Å². The molecule has 0 radical (unpaired) electrons. The van der Waals surface area contributed by atoms with Gasteiger partial charge in [-0.25, -0.2) is 0 Å². The van der Waals surface area contributed by atoms with Gasteiger partial charge >= 0.3 is 0 Å². The van der Waals surface area contributed by atoms with E-state index in [-0.39, 0.29) is 5.57 Å². The van der Waals surface area contributed by atoms with Crippen molar-refractivity contribution < 1.29 is 19.0 Å². The Kier molecular flexibility index (Phi) is 9.07. The molecule has 0 aliphatic heterocycles. The van der Waals surface area contributed by atoms with Gasteiger partial charge in [0, 0.05) is 12.7 Å². The third-order valence-electron chi connectivity index (χ3n) is 4.13. The summed E-state index contributed by atoms with van der Waals surface area (Å²) < 4.78 is 16.4. The summed E-state index contributed by atoms with van der Waals surface area (Å²) in [4.78, 5) is 12.4. The molecule has 0 aliphatic carbocycles. The van der Waals surface area contributed by atoms with Gasteiger partial charge in [0.1, 0.15) is 17.4 Å². The van der Waals surface area contributed by atoms with Crippen molar-refractivity contribution in [3.8, 4) is 23.3 Å². The first-order valence-electron chi connectivity index (χ1n) is 9.79. The summed E-state index contributed by atoms with van der Waals surface area (Å²) >= 11 is 0. The molecule has 2 rings (SSSR count). The maximum Gasteiger partial charge on any atom is 0.267 e. The second-order valence-corrected chi connectivity index (χ2v) is 6.18. The number of anilines is 1. The number of nitrogens with one attached hydrogen (secondary N) is 2. The van der Waals surface area contributed by atoms with Crippen LogP contribution in [0.2, 0.25) is 0 Å². The van der Waals surface area contributed by atoms with E-state index in [1.807, 2.05) is 38.1 Å². The lowest BCUT2D eigenvalue weighted by Crippen LogP contribution is -2.18. The van der Waals surface area contributed by atoms with Crippen LogP contribution in [0.5, 0.6) is 17.2 Å². The molecule has 0 saturated heterocycles. The molecular formula is C23H27N3O4. The zero-order valence-electron chi connectivity index (χ0n) is 17.5. The summed E-state index contributed by atoms with van der Waals surface area (Å²) in [5.74, 6) is 1.45. The van der Waals surface area contributed by atoms with Gasteiger partial charge in [0.05, 0.1) is 26.0 Å². The molecular weight excluding hydrogens is 382 g/mol. The van der Waals surface area contributed by atoms with Crippen LogP contribution in [0.15, 0.2) is 54.2 Å². The first-order valence-corrected chi connectivity index (χ1v) is 9.79. The van der Waals surface area contributed by atoms with Crippen LogP contribution >= 0.6 is 0 Å². The van der Waals surface area contributed by atoms with E-state index in [9.17, 15) is 10.1 Å². The molecule has 0 bridgehead atoms. The molecule has 1 amide bonds. The van der Waals surface area contributed by atoms with Crippen LogP contribution in [0.25, 0.3) is 0 Å². The van der Waals surface area contributed by atoms with Gasteiger partial charge in [-0.2, -0.15) is 5.26 Å². The predicted octanol–water partition coefficient (Wildman–Crippen LogP) is 3.67. The lowest BCUT2D eigenvalue weighted by molar-refractivity contribution is -0.112. The molecule has 2 aromatic rings. The van der Waals surface area contributed by atoms with Crippen LogP contribution in [0.3, 0.4) is 0 Å². The predicted molar refractivity (Wildman–Crippen MR) is 116 cm³/mol. The third-order valence-corrected chi connectivity index (χ3v) is 4.13. The molecule has 158 valence electrons. The van der Waals surface area contributed by atoms with Gasteiger partial charge in [-0.15, -0.1) is 0 Å². The summed E-state index contributed by atoms with van der Waals surface area (Å²) in [5, 5.41) is 15.0. The highest BCUT2D eigenvalue weighted by atomic mass is 16.5. The lowest BCUT2D eigenvalue weighted by atomic mass is 10.1. The normalized spacial score (nSPS) is 10.7. The van der Waals surface area contributed by atoms with Crippen molar-refractivity contribution >= 4 is 11.6 Å². The van der Waals surface area contributed by atoms with Crippen LogP contribution in [0.1, 0.15) is 19.4 Å². The molecule has 0 unspecified atom stereocenters. The van der Waals surface area contributed by atoms with E-state index in [1.54, 1.807) is 24.3 Å². The Labute approximate surface area is 177 Å². The molecule has 0 aliphatic rings. The van der Waals surface area contributed by atoms with Crippen LogP contribution in [0.4, 0.5) is 5.69 Å². The van der Waals surface area contributed by atoms with Gasteiger partial charge in [0.2, 0.25) is 0 Å². The minimum Gasteiger partial charge on any atom is -0.495 e. The summed E-state index contributed by atoms with van der Waals surface area (Å²) in [6.07, 6.45) is 2.11. The fourth-order valence-electron chi connectivity index (χ4n) is 2.73. The Balaban J connectivity index is 1.95. The number of amides is 1. The highest BCUT2D eigenvalue weighted by Gasteiger charge is 2.12. The Morgan fingerprint density at radius 2 is 1.80 bits per heavy atom. The first kappa shape index (κ1) is 22.6. The van der Waals surface area contributed by atoms with Crippen molar-refractivity contribution in [2.24, 2.45) is 0 Å². The van der Waals surface area contributed by atoms with E-state index in [0.717, 1.165) is 11.3 Å². The number of ether oxygens (including phenoxy) is 3. The van der Waals surface area contributed by atoms with Crippen molar-refractivity contribution in [1.82, 2.24) is 5.32 Å². The van der Waals surface area contributed by atoms with E-state index in [0.29, 0.717) is 43.4 Å². The minimum absolute atomic E-state index is 0.0254. The first-order chi connectivity index (χ1) is 14.6. The Bertz CT molecular complexity index is 919. The molecule has 0 saturated carbocycles. The number of nitrogens with zero attached hydrogens (tertiary/aromatic N) is 1. The maximum atomic E-state index is 12.4. The molecule has 2 aromatic carbocycles. The standard InChI is InChI=1S/C23H27N3O4/c1-4-29-21-11-10-17(14-22(21)30-5-2)12-13-25-16-18(15-24)23(27)26-19-8-6-7-9-20(19)28-3/h6-11,14,16,25H,4-5,12-13H2,1-3H3,(H,26,27)/b18-16-. The quantitative estimate of drug-likeness (QED) is 0.334. The van der Waals surface area contributed by atoms with Gasteiger partial charge in [-0.05, 0) is 50.1 Å². The molecule has 2 N–H and O–H groups in total. The monoisotopic (exact) mass is 409 g/mol. The number of nitriles is 1. The highest BCUT2D eigenvalue weighted by molar-refractivity contribution is 6.07. The summed E-state index contributed by atoms with van der Waals surface area (Å²) in [5.41, 5.74) is 1.53. The summed E-state index contributed by atoms with van der Waals surface area (Å²) in [6.45, 7) is 5.52. The van der Waals surface area contributed by atoms with Crippen molar-refractivity contribution in [3.63, 3.8) is 0 Å². The highest BCUT2D eigenvalue weighted by Crippen LogP contribution is 2.28. The van der Waals surface area contributed by atoms with E-state index in [1.165, 1.54) is 13.3 Å². The number of para-hydroxylation sites is 2. The van der Waals surface area contributed by atoms with E-state index in [2.05, 4.69) is 10.6 Å². The van der Waals surface area contributed by atoms with E-state index >= 15 is 0 Å². The Morgan fingerprint density at radius 3 is 2.50 bits per heavy atom. The molecule has 30 heavy (non-hydrogen) atoms. The van der Waals surface area contributed by atoms with E-state index < -0.39 is 5.91 Å². The van der Waals surface area contributed by atoms with Crippen LogP contribution in [-0.4, -0.2) is 32.8 Å². The molecule has 7 heteroatoms. The molecule has 0 aromatic heterocycles. The number of hydrogen-bond acceptors (Lipinski definition) is 6. The average Bonchev–Trinajstić information content (AvgIpc) is 2.76. The molecule has 0 heterocycles. The number of hydrogen-bond donors (Lipinski definition) is 2. The number of benzene rings is 2. The number of rotatable bonds is 11. The van der Waals surface area contributed by atoms with Crippen molar-refractivity contribution in [2.45, 2.75) is 20.3 Å². The zero-order chi connectivity index (χ0) is 21.8.